The van der Waals surface area contributed by atoms with Crippen LogP contribution in [0, 0.1) is 25.1 Å². The maximum Gasteiger partial charge on any atom is 0.193 e. The van der Waals surface area contributed by atoms with Gasteiger partial charge in [0, 0.05) is 11.1 Å². The largest absolute Gasteiger partial charge is 0.463 e. The first-order chi connectivity index (χ1) is 11.0. The zero-order chi connectivity index (χ0) is 18.1. The molecule has 2 nitrogen and oxygen atoms in total. The summed E-state index contributed by atoms with van der Waals surface area (Å²) < 4.78 is 26.3. The van der Waals surface area contributed by atoms with Gasteiger partial charge in [0.05, 0.1) is 0 Å². The van der Waals surface area contributed by atoms with Gasteiger partial charge >= 0.3 is 0 Å². The summed E-state index contributed by atoms with van der Waals surface area (Å²) in [5, 5.41) is 0.0104. The number of aryl methyl sites for hydroxylation is 1. The van der Waals surface area contributed by atoms with E-state index in [0.717, 1.165) is 5.76 Å². The topological polar surface area (TPSA) is 22.4 Å². The highest BCUT2D eigenvalue weighted by atomic mass is 28.4. The molecular formula is C20H25FO2Si. The molecule has 0 spiro atoms. The molecule has 0 bridgehead atoms. The Morgan fingerprint density at radius 2 is 1.88 bits per heavy atom. The molecule has 128 valence electrons. The van der Waals surface area contributed by atoms with E-state index in [1.54, 1.807) is 6.07 Å². The van der Waals surface area contributed by atoms with Gasteiger partial charge in [-0.15, -0.1) is 6.42 Å². The molecule has 0 radical (unpaired) electrons. The minimum absolute atomic E-state index is 0.0104. The van der Waals surface area contributed by atoms with Crippen LogP contribution in [0.25, 0.3) is 0 Å². The van der Waals surface area contributed by atoms with Crippen molar-refractivity contribution in [3.8, 4) is 12.3 Å². The second-order valence-corrected chi connectivity index (χ2v) is 12.3. The van der Waals surface area contributed by atoms with Crippen molar-refractivity contribution >= 4 is 8.32 Å². The number of hydrogen-bond donors (Lipinski definition) is 0. The first-order valence-corrected chi connectivity index (χ1v) is 11.0. The maximum absolute atomic E-state index is 13.9. The van der Waals surface area contributed by atoms with Gasteiger partial charge in [-0.05, 0) is 55.4 Å². The minimum atomic E-state index is -2.13. The van der Waals surface area contributed by atoms with E-state index >= 15 is 0 Å². The van der Waals surface area contributed by atoms with Gasteiger partial charge < -0.3 is 8.84 Å². The predicted octanol–water partition coefficient (Wildman–Crippen LogP) is 5.82. The van der Waals surface area contributed by atoms with Crippen LogP contribution in [-0.2, 0) is 4.43 Å². The lowest BCUT2D eigenvalue weighted by molar-refractivity contribution is 0.191. The van der Waals surface area contributed by atoms with Crippen molar-refractivity contribution in [3.05, 3.63) is 58.8 Å². The van der Waals surface area contributed by atoms with E-state index in [-0.39, 0.29) is 10.9 Å². The summed E-state index contributed by atoms with van der Waals surface area (Å²) in [7, 11) is -2.13. The van der Waals surface area contributed by atoms with Crippen LogP contribution in [0.15, 0.2) is 34.7 Å². The summed E-state index contributed by atoms with van der Waals surface area (Å²) in [4.78, 5) is 0. The van der Waals surface area contributed by atoms with Crippen molar-refractivity contribution < 1.29 is 13.2 Å². The molecule has 1 heterocycles. The van der Waals surface area contributed by atoms with Crippen LogP contribution >= 0.6 is 0 Å². The van der Waals surface area contributed by atoms with E-state index in [4.69, 9.17) is 15.3 Å². The van der Waals surface area contributed by atoms with Crippen molar-refractivity contribution in [3.63, 3.8) is 0 Å². The van der Waals surface area contributed by atoms with Crippen LogP contribution in [0.1, 0.15) is 49.5 Å². The molecule has 0 fully saturated rings. The molecule has 0 amide bonds. The van der Waals surface area contributed by atoms with Crippen molar-refractivity contribution in [1.82, 2.24) is 0 Å². The minimum Gasteiger partial charge on any atom is -0.463 e. The zero-order valence-electron chi connectivity index (χ0n) is 15.2. The highest BCUT2D eigenvalue weighted by Crippen LogP contribution is 2.42. The molecule has 0 saturated heterocycles. The first kappa shape index (κ1) is 18.5. The Morgan fingerprint density at radius 3 is 2.38 bits per heavy atom. The van der Waals surface area contributed by atoms with Gasteiger partial charge in [0.25, 0.3) is 0 Å². The van der Waals surface area contributed by atoms with Crippen molar-refractivity contribution in [2.24, 2.45) is 0 Å². The third-order valence-corrected chi connectivity index (χ3v) is 9.13. The molecule has 2 rings (SSSR count). The lowest BCUT2D eigenvalue weighted by Gasteiger charge is -2.39. The van der Waals surface area contributed by atoms with Gasteiger partial charge in [-0.25, -0.2) is 4.39 Å². The van der Waals surface area contributed by atoms with E-state index in [9.17, 15) is 4.39 Å². The Kier molecular flexibility index (Phi) is 5.07. The number of terminal acetylenes is 1. The summed E-state index contributed by atoms with van der Waals surface area (Å²) >= 11 is 0. The molecule has 1 atom stereocenters. The van der Waals surface area contributed by atoms with Crippen LogP contribution in [0.2, 0.25) is 18.1 Å². The Morgan fingerprint density at radius 1 is 1.21 bits per heavy atom. The van der Waals surface area contributed by atoms with Crippen LogP contribution in [-0.4, -0.2) is 8.32 Å². The summed E-state index contributed by atoms with van der Waals surface area (Å²) in [6, 6.07) is 8.19. The maximum atomic E-state index is 13.9. The van der Waals surface area contributed by atoms with Crippen molar-refractivity contribution in [1.29, 1.82) is 0 Å². The smallest absolute Gasteiger partial charge is 0.193 e. The normalized spacial score (nSPS) is 13.6. The third kappa shape index (κ3) is 3.80. The van der Waals surface area contributed by atoms with Gasteiger partial charge in [0.15, 0.2) is 8.32 Å². The molecule has 0 aliphatic rings. The fourth-order valence-electron chi connectivity index (χ4n) is 2.22. The average molecular weight is 345 g/mol. The number of benzene rings is 1. The molecule has 2 aromatic rings. The molecule has 1 aromatic carbocycles. The van der Waals surface area contributed by atoms with Crippen LogP contribution in [0.5, 0.6) is 0 Å². The molecule has 4 heteroatoms. The summed E-state index contributed by atoms with van der Waals surface area (Å²) in [6.45, 7) is 12.7. The number of rotatable bonds is 4. The Labute approximate surface area is 145 Å². The second-order valence-electron chi connectivity index (χ2n) is 7.58. The monoisotopic (exact) mass is 344 g/mol. The highest BCUT2D eigenvalue weighted by Gasteiger charge is 2.41. The Hall–Kier alpha value is -1.83. The molecular weight excluding hydrogens is 319 g/mol. The Balaban J connectivity index is 2.57. The lowest BCUT2D eigenvalue weighted by Crippen LogP contribution is -2.42. The van der Waals surface area contributed by atoms with Gasteiger partial charge in [-0.1, -0.05) is 26.7 Å². The standard InChI is InChI=1S/C20H25FO2Si/c1-8-15-10-11-16(21)13-17(15)19(18-12-9-14(2)22-18)23-24(6,7)20(3,4)5/h1,9-13,19H,2-7H3. The SMILES string of the molecule is C#Cc1ccc(F)cc1C(O[Si](C)(C)C(C)(C)C)c1ccc(C)o1. The molecule has 1 unspecified atom stereocenters. The van der Waals surface area contributed by atoms with Gasteiger partial charge in [0.2, 0.25) is 0 Å². The number of hydrogen-bond acceptors (Lipinski definition) is 2. The van der Waals surface area contributed by atoms with Crippen molar-refractivity contribution in [2.45, 2.75) is 51.9 Å². The molecule has 0 saturated carbocycles. The fourth-order valence-corrected chi connectivity index (χ4v) is 3.41. The highest BCUT2D eigenvalue weighted by molar-refractivity contribution is 6.74. The van der Waals surface area contributed by atoms with Gasteiger partial charge in [-0.3, -0.25) is 0 Å². The first-order valence-electron chi connectivity index (χ1n) is 8.05. The summed E-state index contributed by atoms with van der Waals surface area (Å²) in [5.74, 6) is 3.73. The van der Waals surface area contributed by atoms with E-state index in [1.165, 1.54) is 12.1 Å². The molecule has 1 aromatic heterocycles. The van der Waals surface area contributed by atoms with Gasteiger partial charge in [-0.2, -0.15) is 0 Å². The van der Waals surface area contributed by atoms with Crippen LogP contribution in [0.4, 0.5) is 4.39 Å². The molecule has 0 N–H and O–H groups in total. The predicted molar refractivity (Wildman–Crippen MR) is 97.9 cm³/mol. The van der Waals surface area contributed by atoms with E-state index in [1.807, 2.05) is 19.1 Å². The van der Waals surface area contributed by atoms with E-state index in [2.05, 4.69) is 39.8 Å². The fraction of sp³-hybridized carbons (Fsp3) is 0.400. The van der Waals surface area contributed by atoms with E-state index in [0.29, 0.717) is 16.9 Å². The lowest BCUT2D eigenvalue weighted by atomic mass is 10.0. The number of furan rings is 1. The summed E-state index contributed by atoms with van der Waals surface area (Å²) in [6.07, 6.45) is 5.11. The van der Waals surface area contributed by atoms with Crippen molar-refractivity contribution in [2.75, 3.05) is 0 Å². The molecule has 24 heavy (non-hydrogen) atoms. The third-order valence-electron chi connectivity index (χ3n) is 4.69. The Bertz CT molecular complexity index is 763. The molecule has 0 aliphatic heterocycles. The number of halogens is 1. The second kappa shape index (κ2) is 6.58. The molecule has 0 aliphatic carbocycles. The summed E-state index contributed by atoms with van der Waals surface area (Å²) in [5.41, 5.74) is 1.26. The quantitative estimate of drug-likeness (QED) is 0.515. The van der Waals surface area contributed by atoms with Crippen LogP contribution in [0.3, 0.4) is 0 Å². The zero-order valence-corrected chi connectivity index (χ0v) is 16.2. The van der Waals surface area contributed by atoms with Gasteiger partial charge in [0.1, 0.15) is 23.4 Å². The van der Waals surface area contributed by atoms with E-state index < -0.39 is 14.4 Å². The average Bonchev–Trinajstić information content (AvgIpc) is 2.90. The van der Waals surface area contributed by atoms with Crippen LogP contribution < -0.4 is 0 Å².